The van der Waals surface area contributed by atoms with Gasteiger partial charge in [-0.3, -0.25) is 4.90 Å². The number of nitrogens with two attached hydrogens (primary N) is 1. The minimum atomic E-state index is -0.388. The zero-order valence-electron chi connectivity index (χ0n) is 12.4. The second kappa shape index (κ2) is 6.41. The van der Waals surface area contributed by atoms with Crippen LogP contribution in [0.3, 0.4) is 0 Å². The zero-order chi connectivity index (χ0) is 14.8. The van der Waals surface area contributed by atoms with Gasteiger partial charge in [0.05, 0.1) is 6.04 Å². The van der Waals surface area contributed by atoms with Crippen LogP contribution in [0.1, 0.15) is 50.1 Å². The van der Waals surface area contributed by atoms with E-state index >= 15 is 0 Å². The highest BCUT2D eigenvalue weighted by Gasteiger charge is 2.37. The van der Waals surface area contributed by atoms with Crippen LogP contribution >= 0.6 is 0 Å². The van der Waals surface area contributed by atoms with E-state index in [1.54, 1.807) is 0 Å². The second-order valence-corrected chi connectivity index (χ2v) is 6.41. The lowest BCUT2D eigenvalue weighted by Crippen LogP contribution is -2.41. The van der Waals surface area contributed by atoms with Crippen molar-refractivity contribution >= 4 is 0 Å². The first-order valence-electron chi connectivity index (χ1n) is 8.11. The Hall–Kier alpha value is -1.00. The maximum atomic E-state index is 14.1. The molecule has 4 heteroatoms. The number of halogens is 2. The van der Waals surface area contributed by atoms with Crippen LogP contribution in [0, 0.1) is 17.6 Å². The van der Waals surface area contributed by atoms with Crippen molar-refractivity contribution in [3.63, 3.8) is 0 Å². The van der Waals surface area contributed by atoms with Crippen molar-refractivity contribution in [2.24, 2.45) is 11.7 Å². The molecule has 2 N–H and O–H groups in total. The van der Waals surface area contributed by atoms with Crippen molar-refractivity contribution in [2.45, 2.75) is 50.6 Å². The highest BCUT2D eigenvalue weighted by atomic mass is 19.1. The fraction of sp³-hybridized carbons (Fsp3) is 0.647. The molecular formula is C17H24F2N2. The van der Waals surface area contributed by atoms with Gasteiger partial charge in [-0.15, -0.1) is 0 Å². The molecule has 2 aliphatic rings. The van der Waals surface area contributed by atoms with Crippen LogP contribution in [-0.2, 0) is 0 Å². The lowest BCUT2D eigenvalue weighted by molar-refractivity contribution is 0.135. The molecule has 1 aliphatic carbocycles. The highest BCUT2D eigenvalue weighted by Crippen LogP contribution is 2.39. The predicted octanol–water partition coefficient (Wildman–Crippen LogP) is 3.62. The molecule has 1 saturated carbocycles. The topological polar surface area (TPSA) is 29.3 Å². The summed E-state index contributed by atoms with van der Waals surface area (Å²) < 4.78 is 27.6. The molecule has 2 atom stereocenters. The lowest BCUT2D eigenvalue weighted by Gasteiger charge is -2.36. The quantitative estimate of drug-likeness (QED) is 0.919. The van der Waals surface area contributed by atoms with Gasteiger partial charge in [0.25, 0.3) is 0 Å². The standard InChI is InChI=1S/C17H24F2N2/c18-13-7-8-15(19)14(10-13)17(11-20)21-9-3-6-16(21)12-4-1-2-5-12/h7-8,10,12,16-17H,1-6,9,11,20H2. The average molecular weight is 294 g/mol. The van der Waals surface area contributed by atoms with E-state index in [4.69, 9.17) is 5.73 Å². The summed E-state index contributed by atoms with van der Waals surface area (Å²) in [6, 6.07) is 3.99. The van der Waals surface area contributed by atoms with E-state index in [1.807, 2.05) is 0 Å². The van der Waals surface area contributed by atoms with Gasteiger partial charge < -0.3 is 5.73 Å². The van der Waals surface area contributed by atoms with Crippen LogP contribution in [0.25, 0.3) is 0 Å². The first-order chi connectivity index (χ1) is 10.2. The van der Waals surface area contributed by atoms with E-state index < -0.39 is 0 Å². The van der Waals surface area contributed by atoms with Gasteiger partial charge in [0, 0.05) is 18.2 Å². The summed E-state index contributed by atoms with van der Waals surface area (Å²) in [4.78, 5) is 2.34. The van der Waals surface area contributed by atoms with Gasteiger partial charge in [0.2, 0.25) is 0 Å². The summed E-state index contributed by atoms with van der Waals surface area (Å²) >= 11 is 0. The second-order valence-electron chi connectivity index (χ2n) is 6.41. The van der Waals surface area contributed by atoms with Crippen LogP contribution in [0.5, 0.6) is 0 Å². The molecule has 0 aromatic heterocycles. The largest absolute Gasteiger partial charge is 0.329 e. The van der Waals surface area contributed by atoms with Gasteiger partial charge in [0.15, 0.2) is 0 Å². The molecular weight excluding hydrogens is 270 g/mol. The molecule has 0 bridgehead atoms. The van der Waals surface area contributed by atoms with Crippen LogP contribution in [-0.4, -0.2) is 24.0 Å². The summed E-state index contributed by atoms with van der Waals surface area (Å²) in [7, 11) is 0. The summed E-state index contributed by atoms with van der Waals surface area (Å²) in [5.41, 5.74) is 6.35. The van der Waals surface area contributed by atoms with Gasteiger partial charge in [-0.05, 0) is 56.3 Å². The monoisotopic (exact) mass is 294 g/mol. The van der Waals surface area contributed by atoms with Crippen LogP contribution in [0.4, 0.5) is 8.78 Å². The van der Waals surface area contributed by atoms with E-state index in [2.05, 4.69) is 4.90 Å². The number of benzene rings is 1. The minimum Gasteiger partial charge on any atom is -0.329 e. The minimum absolute atomic E-state index is 0.200. The van der Waals surface area contributed by atoms with Crippen LogP contribution < -0.4 is 5.73 Å². The third kappa shape index (κ3) is 2.97. The van der Waals surface area contributed by atoms with E-state index in [0.717, 1.165) is 19.4 Å². The molecule has 2 unspecified atom stereocenters. The van der Waals surface area contributed by atoms with Gasteiger partial charge in [0.1, 0.15) is 11.6 Å². The summed E-state index contributed by atoms with van der Waals surface area (Å²) in [6.45, 7) is 1.28. The molecule has 1 aromatic carbocycles. The lowest BCUT2D eigenvalue weighted by atomic mass is 9.93. The Morgan fingerprint density at radius 2 is 1.90 bits per heavy atom. The summed E-state index contributed by atoms with van der Waals surface area (Å²) in [5.74, 6) is -0.0245. The molecule has 1 saturated heterocycles. The predicted molar refractivity (Wildman–Crippen MR) is 79.8 cm³/mol. The number of hydrogen-bond acceptors (Lipinski definition) is 2. The zero-order valence-corrected chi connectivity index (χ0v) is 12.4. The number of likely N-dealkylation sites (tertiary alicyclic amines) is 1. The number of hydrogen-bond donors (Lipinski definition) is 1. The fourth-order valence-electron chi connectivity index (χ4n) is 4.26. The van der Waals surface area contributed by atoms with Crippen molar-refractivity contribution in [3.05, 3.63) is 35.4 Å². The molecule has 0 spiro atoms. The number of nitrogens with zero attached hydrogens (tertiary/aromatic N) is 1. The Kier molecular flexibility index (Phi) is 4.55. The summed E-state index contributed by atoms with van der Waals surface area (Å²) in [5, 5.41) is 0. The normalized spacial score (nSPS) is 25.6. The molecule has 2 nitrogen and oxygen atoms in total. The van der Waals surface area contributed by atoms with Crippen molar-refractivity contribution in [3.8, 4) is 0 Å². The van der Waals surface area contributed by atoms with E-state index in [9.17, 15) is 8.78 Å². The Morgan fingerprint density at radius 3 is 2.62 bits per heavy atom. The maximum Gasteiger partial charge on any atom is 0.128 e. The Morgan fingerprint density at radius 1 is 1.14 bits per heavy atom. The first-order valence-corrected chi connectivity index (χ1v) is 8.11. The number of rotatable bonds is 4. The van der Waals surface area contributed by atoms with Gasteiger partial charge in [-0.2, -0.15) is 0 Å². The molecule has 1 aliphatic heterocycles. The molecule has 0 amide bonds. The highest BCUT2D eigenvalue weighted by molar-refractivity contribution is 5.23. The average Bonchev–Trinajstić information content (AvgIpc) is 3.14. The van der Waals surface area contributed by atoms with E-state index in [0.29, 0.717) is 24.1 Å². The molecule has 1 aromatic rings. The van der Waals surface area contributed by atoms with Gasteiger partial charge in [-0.25, -0.2) is 8.78 Å². The molecule has 21 heavy (non-hydrogen) atoms. The maximum absolute atomic E-state index is 14.1. The van der Waals surface area contributed by atoms with Gasteiger partial charge in [-0.1, -0.05) is 12.8 Å². The third-order valence-electron chi connectivity index (χ3n) is 5.23. The Balaban J connectivity index is 1.86. The Bertz CT molecular complexity index is 486. The SMILES string of the molecule is NCC(c1cc(F)ccc1F)N1CCCC1C1CCCC1. The third-order valence-corrected chi connectivity index (χ3v) is 5.23. The summed E-state index contributed by atoms with van der Waals surface area (Å²) in [6.07, 6.45) is 7.44. The van der Waals surface area contributed by atoms with E-state index in [-0.39, 0.29) is 17.7 Å². The first kappa shape index (κ1) is 14.9. The smallest absolute Gasteiger partial charge is 0.128 e. The van der Waals surface area contributed by atoms with Crippen molar-refractivity contribution in [2.75, 3.05) is 13.1 Å². The van der Waals surface area contributed by atoms with Crippen molar-refractivity contribution < 1.29 is 8.78 Å². The molecule has 0 radical (unpaired) electrons. The van der Waals surface area contributed by atoms with Gasteiger partial charge >= 0.3 is 0 Å². The van der Waals surface area contributed by atoms with Crippen molar-refractivity contribution in [1.29, 1.82) is 0 Å². The molecule has 116 valence electrons. The van der Waals surface area contributed by atoms with E-state index in [1.165, 1.54) is 43.9 Å². The van der Waals surface area contributed by atoms with Crippen LogP contribution in [0.2, 0.25) is 0 Å². The Labute approximate surface area is 125 Å². The van der Waals surface area contributed by atoms with Crippen molar-refractivity contribution in [1.82, 2.24) is 4.90 Å². The molecule has 2 fully saturated rings. The fourth-order valence-corrected chi connectivity index (χ4v) is 4.26. The molecule has 1 heterocycles. The van der Waals surface area contributed by atoms with Crippen LogP contribution in [0.15, 0.2) is 18.2 Å². The molecule has 3 rings (SSSR count).